The summed E-state index contributed by atoms with van der Waals surface area (Å²) in [4.78, 5) is 31.4. The topological polar surface area (TPSA) is 155 Å². The van der Waals surface area contributed by atoms with Crippen LogP contribution in [-0.2, 0) is 4.84 Å². The highest BCUT2D eigenvalue weighted by atomic mass is 16.6. The Morgan fingerprint density at radius 2 is 2.20 bits per heavy atom. The summed E-state index contributed by atoms with van der Waals surface area (Å²) in [5, 5.41) is 4.61. The molecule has 0 aliphatic carbocycles. The maximum Gasteiger partial charge on any atom is 0.345 e. The summed E-state index contributed by atoms with van der Waals surface area (Å²) < 4.78 is 0.931. The molecule has 0 spiro atoms. The maximum absolute atomic E-state index is 12.1. The number of amides is 2. The van der Waals surface area contributed by atoms with E-state index in [1.807, 2.05) is 6.92 Å². The normalized spacial score (nSPS) is 11.2. The fourth-order valence-electron chi connectivity index (χ4n) is 1.44. The number of rotatable bonds is 5. The largest absolute Gasteiger partial charge is 0.399 e. The van der Waals surface area contributed by atoms with Crippen LogP contribution in [0, 0.1) is 0 Å². The van der Waals surface area contributed by atoms with Crippen LogP contribution in [-0.4, -0.2) is 45.9 Å². The van der Waals surface area contributed by atoms with Crippen LogP contribution in [0.15, 0.2) is 11.5 Å². The average molecular weight is 283 g/mol. The second-order valence-electron chi connectivity index (χ2n) is 3.82. The molecule has 0 radical (unpaired) electrons. The van der Waals surface area contributed by atoms with E-state index in [0.717, 1.165) is 15.9 Å². The van der Waals surface area contributed by atoms with Crippen molar-refractivity contribution >= 4 is 23.5 Å². The van der Waals surface area contributed by atoms with E-state index >= 15 is 0 Å². The summed E-state index contributed by atoms with van der Waals surface area (Å²) >= 11 is 0. The quantitative estimate of drug-likeness (QED) is 0.276. The lowest BCUT2D eigenvalue weighted by molar-refractivity contribution is 0.0997. The van der Waals surface area contributed by atoms with Gasteiger partial charge in [0.2, 0.25) is 0 Å². The SMILES string of the molecule is CC/C(CN(N)C(=O)n1cnc(C(N)=O)c1N)=N\OC. The van der Waals surface area contributed by atoms with Crippen molar-refractivity contribution in [3.05, 3.63) is 12.0 Å². The van der Waals surface area contributed by atoms with Crippen molar-refractivity contribution in [2.75, 3.05) is 19.4 Å². The van der Waals surface area contributed by atoms with Crippen molar-refractivity contribution in [1.29, 1.82) is 0 Å². The van der Waals surface area contributed by atoms with Crippen molar-refractivity contribution in [3.63, 3.8) is 0 Å². The smallest absolute Gasteiger partial charge is 0.345 e. The number of imidazole rings is 1. The van der Waals surface area contributed by atoms with Crippen LogP contribution >= 0.6 is 0 Å². The summed E-state index contributed by atoms with van der Waals surface area (Å²) in [6, 6.07) is -0.667. The average Bonchev–Trinajstić information content (AvgIpc) is 2.79. The predicted molar refractivity (Wildman–Crippen MR) is 71.6 cm³/mol. The Hall–Kier alpha value is -2.62. The molecule has 0 fully saturated rings. The van der Waals surface area contributed by atoms with Gasteiger partial charge in [-0.15, -0.1) is 0 Å². The monoisotopic (exact) mass is 283 g/mol. The van der Waals surface area contributed by atoms with E-state index in [4.69, 9.17) is 17.3 Å². The molecule has 0 aliphatic heterocycles. The third kappa shape index (κ3) is 3.23. The number of carbonyl (C=O) groups excluding carboxylic acids is 2. The first-order chi connectivity index (χ1) is 9.42. The molecule has 6 N–H and O–H groups in total. The molecule has 1 rings (SSSR count). The summed E-state index contributed by atoms with van der Waals surface area (Å²) in [5.74, 6) is 4.64. The Bertz CT molecular complexity index is 537. The highest BCUT2D eigenvalue weighted by molar-refractivity contribution is 5.97. The zero-order valence-electron chi connectivity index (χ0n) is 11.2. The van der Waals surface area contributed by atoms with Crippen LogP contribution in [0.4, 0.5) is 10.6 Å². The molecule has 20 heavy (non-hydrogen) atoms. The second kappa shape index (κ2) is 6.52. The second-order valence-corrected chi connectivity index (χ2v) is 3.82. The highest BCUT2D eigenvalue weighted by Crippen LogP contribution is 2.10. The van der Waals surface area contributed by atoms with E-state index in [0.29, 0.717) is 12.1 Å². The van der Waals surface area contributed by atoms with Crippen molar-refractivity contribution in [1.82, 2.24) is 14.6 Å². The van der Waals surface area contributed by atoms with Gasteiger partial charge in [-0.2, -0.15) is 0 Å². The summed E-state index contributed by atoms with van der Waals surface area (Å²) in [5.41, 5.74) is 11.0. The molecule has 0 atom stereocenters. The third-order valence-electron chi connectivity index (χ3n) is 2.47. The van der Waals surface area contributed by atoms with Gasteiger partial charge in [0.1, 0.15) is 19.3 Å². The first-order valence-electron chi connectivity index (χ1n) is 5.70. The lowest BCUT2D eigenvalue weighted by atomic mass is 10.3. The molecule has 10 nitrogen and oxygen atoms in total. The number of primary amides is 1. The Morgan fingerprint density at radius 1 is 1.55 bits per heavy atom. The van der Waals surface area contributed by atoms with Crippen molar-refractivity contribution in [3.8, 4) is 0 Å². The van der Waals surface area contributed by atoms with Crippen LogP contribution in [0.1, 0.15) is 23.8 Å². The van der Waals surface area contributed by atoms with Gasteiger partial charge in [0.25, 0.3) is 5.91 Å². The van der Waals surface area contributed by atoms with Crippen molar-refractivity contribution in [2.24, 2.45) is 16.7 Å². The Morgan fingerprint density at radius 3 is 2.65 bits per heavy atom. The van der Waals surface area contributed by atoms with Gasteiger partial charge in [-0.3, -0.25) is 9.80 Å². The van der Waals surface area contributed by atoms with Crippen LogP contribution in [0.2, 0.25) is 0 Å². The Labute approximate surface area is 115 Å². The van der Waals surface area contributed by atoms with E-state index in [2.05, 4.69) is 15.0 Å². The Kier molecular flexibility index (Phi) is 5.03. The number of nitrogen functional groups attached to an aromatic ring is 1. The molecule has 1 aromatic heterocycles. The minimum atomic E-state index is -0.826. The van der Waals surface area contributed by atoms with Crippen LogP contribution < -0.4 is 17.3 Å². The van der Waals surface area contributed by atoms with Crippen molar-refractivity contribution in [2.45, 2.75) is 13.3 Å². The molecular weight excluding hydrogens is 266 g/mol. The maximum atomic E-state index is 12.1. The number of nitrogens with zero attached hydrogens (tertiary/aromatic N) is 4. The Balaban J connectivity index is 2.90. The van der Waals surface area contributed by atoms with E-state index in [-0.39, 0.29) is 18.1 Å². The van der Waals surface area contributed by atoms with Crippen molar-refractivity contribution < 1.29 is 14.4 Å². The van der Waals surface area contributed by atoms with Crippen LogP contribution in [0.3, 0.4) is 0 Å². The van der Waals surface area contributed by atoms with E-state index in [1.165, 1.54) is 7.11 Å². The molecule has 0 aromatic carbocycles. The first kappa shape index (κ1) is 15.4. The molecule has 1 aromatic rings. The summed E-state index contributed by atoms with van der Waals surface area (Å²) in [7, 11) is 1.39. The predicted octanol–water partition coefficient (Wildman–Crippen LogP) is -0.880. The van der Waals surface area contributed by atoms with Crippen LogP contribution in [0.25, 0.3) is 0 Å². The lowest BCUT2D eigenvalue weighted by Gasteiger charge is -2.17. The van der Waals surface area contributed by atoms with Gasteiger partial charge in [-0.05, 0) is 6.42 Å². The molecule has 0 unspecified atom stereocenters. The molecule has 2 amide bonds. The standard InChI is InChI=1S/C10H17N7O3/c1-3-6(15-20-2)4-17(13)10(19)16-5-14-7(8(16)11)9(12)18/h5H,3-4,11,13H2,1-2H3,(H2,12,18)/b15-6+. The summed E-state index contributed by atoms with van der Waals surface area (Å²) in [6.07, 6.45) is 1.64. The number of hydrazine groups is 1. The van der Waals surface area contributed by atoms with Gasteiger partial charge in [-0.25, -0.2) is 20.2 Å². The molecule has 0 aliphatic rings. The molecular formula is C10H17N7O3. The van der Waals surface area contributed by atoms with Gasteiger partial charge >= 0.3 is 6.03 Å². The minimum absolute atomic E-state index is 0.0483. The lowest BCUT2D eigenvalue weighted by Crippen LogP contribution is -2.43. The van der Waals surface area contributed by atoms with E-state index < -0.39 is 11.9 Å². The fraction of sp³-hybridized carbons (Fsp3) is 0.400. The summed E-state index contributed by atoms with van der Waals surface area (Å²) in [6.45, 7) is 1.89. The number of hydrogen-bond acceptors (Lipinski definition) is 7. The van der Waals surface area contributed by atoms with E-state index in [9.17, 15) is 9.59 Å². The number of oxime groups is 1. The number of hydrogen-bond donors (Lipinski definition) is 3. The molecule has 0 bridgehead atoms. The number of carbonyl (C=O) groups is 2. The zero-order valence-corrected chi connectivity index (χ0v) is 11.2. The fourth-order valence-corrected chi connectivity index (χ4v) is 1.44. The minimum Gasteiger partial charge on any atom is -0.399 e. The van der Waals surface area contributed by atoms with Crippen LogP contribution in [0.5, 0.6) is 0 Å². The van der Waals surface area contributed by atoms with Gasteiger partial charge in [0.15, 0.2) is 5.69 Å². The number of nitrogens with two attached hydrogens (primary N) is 3. The molecule has 110 valence electrons. The van der Waals surface area contributed by atoms with Gasteiger partial charge in [0, 0.05) is 0 Å². The van der Waals surface area contributed by atoms with E-state index in [1.54, 1.807) is 0 Å². The van der Waals surface area contributed by atoms with Gasteiger partial charge < -0.3 is 16.3 Å². The van der Waals surface area contributed by atoms with Gasteiger partial charge in [0.05, 0.1) is 12.3 Å². The highest BCUT2D eigenvalue weighted by Gasteiger charge is 2.20. The number of aromatic nitrogens is 2. The van der Waals surface area contributed by atoms with Gasteiger partial charge in [-0.1, -0.05) is 12.1 Å². The zero-order chi connectivity index (χ0) is 15.3. The molecule has 10 heteroatoms. The molecule has 0 saturated heterocycles. The number of anilines is 1. The molecule has 1 heterocycles. The first-order valence-corrected chi connectivity index (χ1v) is 5.70. The molecule has 0 saturated carbocycles. The third-order valence-corrected chi connectivity index (χ3v) is 2.47.